The summed E-state index contributed by atoms with van der Waals surface area (Å²) < 4.78 is 0. The molecule has 0 aromatic heterocycles. The first-order valence-corrected chi connectivity index (χ1v) is 4.03. The quantitative estimate of drug-likeness (QED) is 0.510. The molecular formula is C10H13. The lowest BCUT2D eigenvalue weighted by atomic mass is 9.92. The van der Waals surface area contributed by atoms with Crippen molar-refractivity contribution in [1.29, 1.82) is 0 Å². The summed E-state index contributed by atoms with van der Waals surface area (Å²) in [6.07, 6.45) is 5.38. The molecular weight excluding hydrogens is 120 g/mol. The Balaban J connectivity index is 0.000000605. The van der Waals surface area contributed by atoms with E-state index in [2.05, 4.69) is 24.3 Å². The van der Waals surface area contributed by atoms with Crippen LogP contribution in [0.2, 0.25) is 0 Å². The lowest BCUT2D eigenvalue weighted by Crippen LogP contribution is -2.00. The summed E-state index contributed by atoms with van der Waals surface area (Å²) in [5.74, 6) is 0. The van der Waals surface area contributed by atoms with Crippen LogP contribution in [0, 0.1) is 0 Å². The molecule has 0 bridgehead atoms. The van der Waals surface area contributed by atoms with Crippen LogP contribution in [-0.2, 0) is 12.8 Å². The highest BCUT2D eigenvalue weighted by molar-refractivity contribution is 5.28. The summed E-state index contributed by atoms with van der Waals surface area (Å²) in [7, 11) is 0. The zero-order valence-electron chi connectivity index (χ0n) is 7.14. The van der Waals surface area contributed by atoms with E-state index in [1.54, 1.807) is 11.1 Å². The third-order valence-electron chi connectivity index (χ3n) is 2.26. The summed E-state index contributed by atoms with van der Waals surface area (Å²) in [4.78, 5) is 0. The fourth-order valence-electron chi connectivity index (χ4n) is 1.68. The second-order valence-electron chi connectivity index (χ2n) is 2.98. The van der Waals surface area contributed by atoms with Crippen molar-refractivity contribution in [2.45, 2.75) is 25.7 Å². The van der Waals surface area contributed by atoms with Crippen molar-refractivity contribution < 1.29 is 1.43 Å². The van der Waals surface area contributed by atoms with E-state index in [0.29, 0.717) is 0 Å². The summed E-state index contributed by atoms with van der Waals surface area (Å²) in [6.45, 7) is 0. The van der Waals surface area contributed by atoms with E-state index >= 15 is 0 Å². The Morgan fingerprint density at radius 1 is 0.900 bits per heavy atom. The van der Waals surface area contributed by atoms with Gasteiger partial charge in [-0.3, -0.25) is 0 Å². The predicted octanol–water partition coefficient (Wildman–Crippen LogP) is 2.68. The molecule has 0 heterocycles. The smallest absolute Gasteiger partial charge is 0 e. The van der Waals surface area contributed by atoms with Crippen LogP contribution in [0.5, 0.6) is 0 Å². The normalized spacial score (nSPS) is 16.4. The Hall–Kier alpha value is -0.780. The van der Waals surface area contributed by atoms with Gasteiger partial charge in [-0.05, 0) is 36.8 Å². The van der Waals surface area contributed by atoms with Crippen molar-refractivity contribution >= 4 is 0 Å². The fourth-order valence-corrected chi connectivity index (χ4v) is 1.68. The van der Waals surface area contributed by atoms with E-state index in [4.69, 9.17) is 0 Å². The topological polar surface area (TPSA) is 0 Å². The first-order chi connectivity index (χ1) is 4.97. The van der Waals surface area contributed by atoms with Gasteiger partial charge in [0.05, 0.1) is 0 Å². The molecule has 0 atom stereocenters. The lowest BCUT2D eigenvalue weighted by Gasteiger charge is -2.13. The van der Waals surface area contributed by atoms with Gasteiger partial charge in [-0.25, -0.2) is 0 Å². The SMILES string of the molecule is [H].c1ccc2c(c1)CCCC2. The Morgan fingerprint density at radius 3 is 1.90 bits per heavy atom. The van der Waals surface area contributed by atoms with Gasteiger partial charge in [0.25, 0.3) is 0 Å². The van der Waals surface area contributed by atoms with Crippen molar-refractivity contribution in [3.05, 3.63) is 35.4 Å². The highest BCUT2D eigenvalue weighted by Gasteiger charge is 2.05. The van der Waals surface area contributed by atoms with Gasteiger partial charge in [-0.2, -0.15) is 0 Å². The van der Waals surface area contributed by atoms with Gasteiger partial charge >= 0.3 is 0 Å². The minimum absolute atomic E-state index is 0. The molecule has 1 aliphatic carbocycles. The standard InChI is InChI=1S/C10H12.H/c1-2-6-10-8-4-3-7-9(10)5-1;/h1-2,5-6H,3-4,7-8H2;. The molecule has 1 aromatic carbocycles. The van der Waals surface area contributed by atoms with Crippen molar-refractivity contribution in [3.63, 3.8) is 0 Å². The van der Waals surface area contributed by atoms with Crippen molar-refractivity contribution in [1.82, 2.24) is 0 Å². The maximum Gasteiger partial charge on any atom is 0 e. The third kappa shape index (κ3) is 0.942. The molecule has 0 amide bonds. The molecule has 1 aromatic rings. The molecule has 1 aliphatic rings. The maximum atomic E-state index is 2.26. The van der Waals surface area contributed by atoms with Crippen LogP contribution in [0.25, 0.3) is 0 Å². The van der Waals surface area contributed by atoms with E-state index in [1.165, 1.54) is 25.7 Å². The van der Waals surface area contributed by atoms with E-state index in [9.17, 15) is 0 Å². The highest BCUT2D eigenvalue weighted by Crippen LogP contribution is 2.19. The number of benzene rings is 1. The van der Waals surface area contributed by atoms with E-state index in [1.807, 2.05) is 0 Å². The van der Waals surface area contributed by atoms with Gasteiger partial charge in [0.1, 0.15) is 0 Å². The molecule has 0 spiro atoms. The third-order valence-corrected chi connectivity index (χ3v) is 2.26. The molecule has 0 N–H and O–H groups in total. The number of hydrogen-bond acceptors (Lipinski definition) is 0. The summed E-state index contributed by atoms with van der Waals surface area (Å²) in [5, 5.41) is 0. The average molecular weight is 133 g/mol. The second kappa shape index (κ2) is 2.45. The van der Waals surface area contributed by atoms with Gasteiger partial charge in [0.2, 0.25) is 0 Å². The molecule has 10 heavy (non-hydrogen) atoms. The predicted molar refractivity (Wildman–Crippen MR) is 44.2 cm³/mol. The first-order valence-electron chi connectivity index (χ1n) is 4.03. The molecule has 0 unspecified atom stereocenters. The van der Waals surface area contributed by atoms with Crippen molar-refractivity contribution in [3.8, 4) is 0 Å². The fraction of sp³-hybridized carbons (Fsp3) is 0.400. The molecule has 0 saturated heterocycles. The zero-order chi connectivity index (χ0) is 6.81. The molecule has 0 aliphatic heterocycles. The van der Waals surface area contributed by atoms with E-state index < -0.39 is 0 Å². The highest BCUT2D eigenvalue weighted by atomic mass is 14.1. The van der Waals surface area contributed by atoms with Crippen LogP contribution in [0.3, 0.4) is 0 Å². The molecule has 1 radical (unpaired) electrons. The molecule has 0 nitrogen and oxygen atoms in total. The second-order valence-corrected chi connectivity index (χ2v) is 2.98. The van der Waals surface area contributed by atoms with Crippen LogP contribution in [0.1, 0.15) is 25.4 Å². The number of hydrogen-bond donors (Lipinski definition) is 0. The van der Waals surface area contributed by atoms with Gasteiger partial charge in [0, 0.05) is 1.43 Å². The largest absolute Gasteiger partial charge is 0.0620 e. The van der Waals surface area contributed by atoms with Crippen molar-refractivity contribution in [2.24, 2.45) is 0 Å². The lowest BCUT2D eigenvalue weighted by molar-refractivity contribution is 0.685. The van der Waals surface area contributed by atoms with Crippen LogP contribution < -0.4 is 0 Å². The van der Waals surface area contributed by atoms with Crippen molar-refractivity contribution in [2.75, 3.05) is 0 Å². The average Bonchev–Trinajstić information content (AvgIpc) is 2.05. The Kier molecular flexibility index (Phi) is 1.46. The number of aryl methyl sites for hydroxylation is 2. The Labute approximate surface area is 63.4 Å². The molecule has 0 heteroatoms. The minimum atomic E-state index is 0. The molecule has 2 rings (SSSR count). The molecule has 0 fully saturated rings. The number of fused-ring (bicyclic) bond motifs is 1. The molecule has 0 saturated carbocycles. The van der Waals surface area contributed by atoms with Crippen LogP contribution in [0.15, 0.2) is 24.3 Å². The van der Waals surface area contributed by atoms with Crippen LogP contribution in [0.4, 0.5) is 0 Å². The monoisotopic (exact) mass is 133 g/mol. The number of rotatable bonds is 0. The van der Waals surface area contributed by atoms with Crippen LogP contribution >= 0.6 is 0 Å². The zero-order valence-corrected chi connectivity index (χ0v) is 6.14. The Morgan fingerprint density at radius 2 is 1.40 bits per heavy atom. The Bertz CT molecular complexity index is 205. The molecule has 53 valence electrons. The minimum Gasteiger partial charge on any atom is -0.0620 e. The van der Waals surface area contributed by atoms with Gasteiger partial charge in [-0.15, -0.1) is 0 Å². The maximum absolute atomic E-state index is 2.26. The van der Waals surface area contributed by atoms with Gasteiger partial charge in [0.15, 0.2) is 0 Å². The van der Waals surface area contributed by atoms with Gasteiger partial charge in [-0.1, -0.05) is 24.3 Å². The van der Waals surface area contributed by atoms with E-state index in [0.717, 1.165) is 0 Å². The van der Waals surface area contributed by atoms with E-state index in [-0.39, 0.29) is 1.43 Å². The first kappa shape index (κ1) is 5.96. The van der Waals surface area contributed by atoms with Gasteiger partial charge < -0.3 is 0 Å². The van der Waals surface area contributed by atoms with Crippen LogP contribution in [-0.4, -0.2) is 0 Å². The summed E-state index contributed by atoms with van der Waals surface area (Å²) >= 11 is 0. The summed E-state index contributed by atoms with van der Waals surface area (Å²) in [5.41, 5.74) is 3.16. The summed E-state index contributed by atoms with van der Waals surface area (Å²) in [6, 6.07) is 8.80.